The summed E-state index contributed by atoms with van der Waals surface area (Å²) >= 11 is 1.65. The Morgan fingerprint density at radius 1 is 1.33 bits per heavy atom. The first-order chi connectivity index (χ1) is 14.4. The number of anilines is 1. The Morgan fingerprint density at radius 3 is 2.90 bits per heavy atom. The molecule has 4 rings (SSSR count). The number of hydrogen-bond acceptors (Lipinski definition) is 4. The fraction of sp³-hybridized carbons (Fsp3) is 0.318. The third-order valence-electron chi connectivity index (χ3n) is 5.43. The Hall–Kier alpha value is -3.00. The Kier molecular flexibility index (Phi) is 5.67. The van der Waals surface area contributed by atoms with Gasteiger partial charge in [-0.15, -0.1) is 0 Å². The van der Waals surface area contributed by atoms with Gasteiger partial charge in [-0.2, -0.15) is 16.4 Å². The number of carbonyl (C=O) groups is 2. The molecule has 1 aliphatic heterocycles. The number of aromatic nitrogens is 2. The van der Waals surface area contributed by atoms with Crippen LogP contribution in [0.4, 0.5) is 10.1 Å². The third kappa shape index (κ3) is 4.00. The van der Waals surface area contributed by atoms with Crippen LogP contribution in [0.25, 0.3) is 11.1 Å². The lowest BCUT2D eigenvalue weighted by molar-refractivity contribution is -0.126. The molecule has 156 valence electrons. The normalized spacial score (nSPS) is 16.3. The molecule has 3 aromatic rings. The highest BCUT2D eigenvalue weighted by Gasteiger charge is 2.35. The van der Waals surface area contributed by atoms with Gasteiger partial charge in [0.1, 0.15) is 5.82 Å². The molecule has 0 bridgehead atoms. The molecule has 1 saturated heterocycles. The number of nitrogens with zero attached hydrogens (tertiary/aromatic N) is 3. The van der Waals surface area contributed by atoms with Crippen molar-refractivity contribution in [2.24, 2.45) is 5.92 Å². The predicted molar refractivity (Wildman–Crippen MR) is 115 cm³/mol. The maximum Gasteiger partial charge on any atom is 0.227 e. The molecule has 3 heterocycles. The monoisotopic (exact) mass is 426 g/mol. The van der Waals surface area contributed by atoms with Crippen LogP contribution in [0.15, 0.2) is 41.1 Å². The van der Waals surface area contributed by atoms with Gasteiger partial charge in [-0.25, -0.2) is 4.39 Å². The van der Waals surface area contributed by atoms with Gasteiger partial charge in [-0.05, 0) is 54.4 Å². The zero-order valence-corrected chi connectivity index (χ0v) is 17.7. The minimum absolute atomic E-state index is 0.130. The van der Waals surface area contributed by atoms with Gasteiger partial charge in [0, 0.05) is 36.5 Å². The van der Waals surface area contributed by atoms with Crippen molar-refractivity contribution in [2.75, 3.05) is 18.0 Å². The molecule has 0 spiro atoms. The van der Waals surface area contributed by atoms with Gasteiger partial charge in [-0.1, -0.05) is 6.07 Å². The summed E-state index contributed by atoms with van der Waals surface area (Å²) in [6.45, 7) is 5.25. The molecule has 1 aliphatic rings. The van der Waals surface area contributed by atoms with Crippen molar-refractivity contribution in [3.63, 3.8) is 0 Å². The number of thiophene rings is 1. The predicted octanol–water partition coefficient (Wildman–Crippen LogP) is 3.54. The largest absolute Gasteiger partial charge is 0.354 e. The van der Waals surface area contributed by atoms with Crippen LogP contribution in [-0.2, 0) is 16.1 Å². The van der Waals surface area contributed by atoms with E-state index in [4.69, 9.17) is 0 Å². The summed E-state index contributed by atoms with van der Waals surface area (Å²) in [6.07, 6.45) is 0.130. The number of benzene rings is 1. The van der Waals surface area contributed by atoms with Crippen molar-refractivity contribution in [1.82, 2.24) is 15.1 Å². The van der Waals surface area contributed by atoms with E-state index in [9.17, 15) is 14.0 Å². The van der Waals surface area contributed by atoms with E-state index in [2.05, 4.69) is 21.9 Å². The molecule has 6 nitrogen and oxygen atoms in total. The number of amides is 2. The summed E-state index contributed by atoms with van der Waals surface area (Å²) in [5.74, 6) is -1.18. The van der Waals surface area contributed by atoms with Crippen molar-refractivity contribution in [1.29, 1.82) is 0 Å². The Bertz CT molecular complexity index is 1080. The number of nitrogens with one attached hydrogen (secondary N) is 1. The first kappa shape index (κ1) is 20.3. The second-order valence-corrected chi connectivity index (χ2v) is 8.24. The van der Waals surface area contributed by atoms with Crippen molar-refractivity contribution in [3.8, 4) is 11.1 Å². The lowest BCUT2D eigenvalue weighted by Crippen LogP contribution is -2.35. The maximum absolute atomic E-state index is 13.5. The summed E-state index contributed by atoms with van der Waals surface area (Å²) in [5, 5.41) is 11.7. The average Bonchev–Trinajstić information content (AvgIpc) is 3.42. The second-order valence-electron chi connectivity index (χ2n) is 7.46. The Labute approximate surface area is 178 Å². The highest BCUT2D eigenvalue weighted by Crippen LogP contribution is 2.29. The smallest absolute Gasteiger partial charge is 0.227 e. The molecule has 0 aliphatic carbocycles. The molecule has 30 heavy (non-hydrogen) atoms. The molecule has 0 radical (unpaired) electrons. The molecule has 1 aromatic carbocycles. The summed E-state index contributed by atoms with van der Waals surface area (Å²) in [4.78, 5) is 26.4. The number of aryl methyl sites for hydroxylation is 1. The summed E-state index contributed by atoms with van der Waals surface area (Å²) in [5.41, 5.74) is 4.80. The van der Waals surface area contributed by atoms with Crippen LogP contribution in [-0.4, -0.2) is 34.7 Å². The van der Waals surface area contributed by atoms with Gasteiger partial charge >= 0.3 is 0 Å². The number of halogens is 1. The van der Waals surface area contributed by atoms with Crippen LogP contribution in [0.2, 0.25) is 0 Å². The lowest BCUT2D eigenvalue weighted by Gasteiger charge is -2.16. The second kappa shape index (κ2) is 8.39. The summed E-state index contributed by atoms with van der Waals surface area (Å²) in [6, 6.07) is 7.96. The van der Waals surface area contributed by atoms with E-state index in [0.717, 1.165) is 22.5 Å². The number of carbonyl (C=O) groups excluding carboxylic acids is 2. The van der Waals surface area contributed by atoms with E-state index in [0.29, 0.717) is 18.8 Å². The van der Waals surface area contributed by atoms with E-state index in [1.54, 1.807) is 23.5 Å². The van der Waals surface area contributed by atoms with Gasteiger partial charge in [0.15, 0.2) is 0 Å². The van der Waals surface area contributed by atoms with Crippen molar-refractivity contribution in [2.45, 2.75) is 26.8 Å². The Balaban J connectivity index is 1.35. The molecule has 1 N–H and O–H groups in total. The van der Waals surface area contributed by atoms with E-state index >= 15 is 0 Å². The summed E-state index contributed by atoms with van der Waals surface area (Å²) < 4.78 is 15.4. The molecule has 1 atom stereocenters. The van der Waals surface area contributed by atoms with Crippen molar-refractivity contribution >= 4 is 28.8 Å². The summed E-state index contributed by atoms with van der Waals surface area (Å²) in [7, 11) is 0. The van der Waals surface area contributed by atoms with Crippen LogP contribution in [0.5, 0.6) is 0 Å². The quantitative estimate of drug-likeness (QED) is 0.656. The van der Waals surface area contributed by atoms with E-state index in [-0.39, 0.29) is 24.8 Å². The van der Waals surface area contributed by atoms with Gasteiger partial charge in [0.05, 0.1) is 18.2 Å². The molecule has 2 amide bonds. The van der Waals surface area contributed by atoms with E-state index < -0.39 is 11.7 Å². The van der Waals surface area contributed by atoms with Gasteiger partial charge in [0.25, 0.3) is 0 Å². The molecular weight excluding hydrogens is 403 g/mol. The van der Waals surface area contributed by atoms with Crippen molar-refractivity contribution in [3.05, 3.63) is 58.3 Å². The molecule has 0 saturated carbocycles. The first-order valence-corrected chi connectivity index (χ1v) is 10.8. The zero-order chi connectivity index (χ0) is 21.3. The first-order valence-electron chi connectivity index (χ1n) is 9.84. The SMILES string of the molecule is Cc1nn(CCNC(=O)C2CC(=O)N(c3cccc(F)c3)C2)c(C)c1-c1ccsc1. The van der Waals surface area contributed by atoms with Crippen LogP contribution in [0, 0.1) is 25.6 Å². The van der Waals surface area contributed by atoms with E-state index in [1.165, 1.54) is 17.0 Å². The van der Waals surface area contributed by atoms with E-state index in [1.807, 2.05) is 23.9 Å². The molecule has 1 unspecified atom stereocenters. The molecular formula is C22H23FN4O2S. The number of hydrogen-bond donors (Lipinski definition) is 1. The fourth-order valence-electron chi connectivity index (χ4n) is 3.95. The Morgan fingerprint density at radius 2 is 2.17 bits per heavy atom. The lowest BCUT2D eigenvalue weighted by atomic mass is 10.1. The highest BCUT2D eigenvalue weighted by atomic mass is 32.1. The van der Waals surface area contributed by atoms with Crippen LogP contribution in [0.1, 0.15) is 17.8 Å². The topological polar surface area (TPSA) is 67.2 Å². The zero-order valence-electron chi connectivity index (χ0n) is 16.9. The molecule has 2 aromatic heterocycles. The molecule has 1 fully saturated rings. The van der Waals surface area contributed by atoms with Gasteiger partial charge in [0.2, 0.25) is 11.8 Å². The standard InChI is InChI=1S/C22H23FN4O2S/c1-14-21(16-6-9-30-13-16)15(2)27(25-14)8-7-24-22(29)17-10-20(28)26(12-17)19-5-3-4-18(23)11-19/h3-6,9,11,13,17H,7-8,10,12H2,1-2H3,(H,24,29). The van der Waals surface area contributed by atoms with Crippen LogP contribution < -0.4 is 10.2 Å². The third-order valence-corrected chi connectivity index (χ3v) is 6.11. The fourth-order valence-corrected chi connectivity index (χ4v) is 4.59. The minimum Gasteiger partial charge on any atom is -0.354 e. The van der Waals surface area contributed by atoms with Gasteiger partial charge in [-0.3, -0.25) is 14.3 Å². The van der Waals surface area contributed by atoms with Crippen molar-refractivity contribution < 1.29 is 14.0 Å². The van der Waals surface area contributed by atoms with Gasteiger partial charge < -0.3 is 10.2 Å². The van der Waals surface area contributed by atoms with Crippen LogP contribution in [0.3, 0.4) is 0 Å². The minimum atomic E-state index is -0.442. The number of rotatable bonds is 6. The van der Waals surface area contributed by atoms with Crippen LogP contribution >= 0.6 is 11.3 Å². The average molecular weight is 427 g/mol. The molecule has 8 heteroatoms. The highest BCUT2D eigenvalue weighted by molar-refractivity contribution is 7.08. The maximum atomic E-state index is 13.5.